The molecular weight excluding hydrogens is 154 g/mol. The molecular formula is C9H19NO2. The van der Waals surface area contributed by atoms with Crippen molar-refractivity contribution in [3.05, 3.63) is 0 Å². The minimum Gasteiger partial charge on any atom is -0.449 e. The molecule has 0 aromatic heterocycles. The lowest BCUT2D eigenvalue weighted by atomic mass is 10.1. The van der Waals surface area contributed by atoms with Gasteiger partial charge in [0.25, 0.3) is 0 Å². The zero-order valence-electron chi connectivity index (χ0n) is 8.22. The zero-order valence-corrected chi connectivity index (χ0v) is 8.22. The van der Waals surface area contributed by atoms with E-state index in [4.69, 9.17) is 4.74 Å². The third kappa shape index (κ3) is 6.01. The quantitative estimate of drug-likeness (QED) is 0.692. The van der Waals surface area contributed by atoms with Crippen molar-refractivity contribution in [3.63, 3.8) is 0 Å². The highest BCUT2D eigenvalue weighted by molar-refractivity contribution is 5.66. The monoisotopic (exact) mass is 173 g/mol. The van der Waals surface area contributed by atoms with Crippen molar-refractivity contribution in [3.8, 4) is 0 Å². The lowest BCUT2D eigenvalue weighted by Gasteiger charge is -2.09. The molecule has 3 nitrogen and oxygen atoms in total. The average Bonchev–Trinajstić information content (AvgIpc) is 2.10. The summed E-state index contributed by atoms with van der Waals surface area (Å²) < 4.78 is 4.95. The molecule has 0 fully saturated rings. The number of amides is 1. The molecule has 0 bridgehead atoms. The van der Waals surface area contributed by atoms with E-state index in [-0.39, 0.29) is 6.09 Å². The van der Waals surface area contributed by atoms with E-state index in [1.54, 1.807) is 0 Å². The summed E-state index contributed by atoms with van der Waals surface area (Å²) >= 11 is 0. The van der Waals surface area contributed by atoms with Crippen LogP contribution in [0.5, 0.6) is 0 Å². The SMILES string of the molecule is CCCNC(=O)OCC(C)CC. The van der Waals surface area contributed by atoms with Crippen LogP contribution in [0.2, 0.25) is 0 Å². The summed E-state index contributed by atoms with van der Waals surface area (Å²) in [5, 5.41) is 2.65. The average molecular weight is 173 g/mol. The van der Waals surface area contributed by atoms with E-state index < -0.39 is 0 Å². The van der Waals surface area contributed by atoms with Crippen LogP contribution < -0.4 is 5.32 Å². The van der Waals surface area contributed by atoms with Gasteiger partial charge < -0.3 is 10.1 Å². The highest BCUT2D eigenvalue weighted by atomic mass is 16.5. The summed E-state index contributed by atoms with van der Waals surface area (Å²) in [6.45, 7) is 7.37. The fourth-order valence-corrected chi connectivity index (χ4v) is 0.614. The van der Waals surface area contributed by atoms with Crippen molar-refractivity contribution in [2.45, 2.75) is 33.6 Å². The molecule has 1 unspecified atom stereocenters. The molecule has 0 saturated carbocycles. The summed E-state index contributed by atoms with van der Waals surface area (Å²) in [7, 11) is 0. The molecule has 0 aliphatic heterocycles. The van der Waals surface area contributed by atoms with Crippen molar-refractivity contribution >= 4 is 6.09 Å². The van der Waals surface area contributed by atoms with E-state index in [2.05, 4.69) is 19.2 Å². The maximum absolute atomic E-state index is 10.9. The highest BCUT2D eigenvalue weighted by Gasteiger charge is 2.03. The van der Waals surface area contributed by atoms with Crippen LogP contribution in [-0.2, 0) is 4.74 Å². The number of carbonyl (C=O) groups is 1. The summed E-state index contributed by atoms with van der Waals surface area (Å²) in [6.07, 6.45) is 1.69. The highest BCUT2D eigenvalue weighted by Crippen LogP contribution is 2.00. The fourth-order valence-electron chi connectivity index (χ4n) is 0.614. The number of nitrogens with one attached hydrogen (secondary N) is 1. The van der Waals surface area contributed by atoms with E-state index in [1.807, 2.05) is 6.92 Å². The first-order valence-electron chi connectivity index (χ1n) is 4.61. The molecule has 0 saturated heterocycles. The van der Waals surface area contributed by atoms with Gasteiger partial charge in [0.05, 0.1) is 6.61 Å². The number of hydrogen-bond acceptors (Lipinski definition) is 2. The summed E-state index contributed by atoms with van der Waals surface area (Å²) in [5.41, 5.74) is 0. The van der Waals surface area contributed by atoms with Crippen LogP contribution in [0.3, 0.4) is 0 Å². The van der Waals surface area contributed by atoms with Crippen molar-refractivity contribution < 1.29 is 9.53 Å². The van der Waals surface area contributed by atoms with Gasteiger partial charge in [0.2, 0.25) is 0 Å². The van der Waals surface area contributed by atoms with Crippen LogP contribution >= 0.6 is 0 Å². The van der Waals surface area contributed by atoms with Gasteiger partial charge in [-0.1, -0.05) is 27.2 Å². The van der Waals surface area contributed by atoms with Crippen LogP contribution in [0.1, 0.15) is 33.6 Å². The third-order valence-corrected chi connectivity index (χ3v) is 1.72. The zero-order chi connectivity index (χ0) is 9.40. The second-order valence-corrected chi connectivity index (χ2v) is 3.04. The van der Waals surface area contributed by atoms with Gasteiger partial charge >= 0.3 is 6.09 Å². The van der Waals surface area contributed by atoms with Gasteiger partial charge in [-0.25, -0.2) is 4.79 Å². The largest absolute Gasteiger partial charge is 0.449 e. The molecule has 0 rings (SSSR count). The van der Waals surface area contributed by atoms with Crippen molar-refractivity contribution in [1.82, 2.24) is 5.32 Å². The fraction of sp³-hybridized carbons (Fsp3) is 0.889. The molecule has 72 valence electrons. The van der Waals surface area contributed by atoms with E-state index in [9.17, 15) is 4.79 Å². The second-order valence-electron chi connectivity index (χ2n) is 3.04. The molecule has 12 heavy (non-hydrogen) atoms. The second kappa shape index (κ2) is 6.95. The van der Waals surface area contributed by atoms with Gasteiger partial charge in [-0.15, -0.1) is 0 Å². The molecule has 0 spiro atoms. The van der Waals surface area contributed by atoms with E-state index in [0.717, 1.165) is 12.8 Å². The third-order valence-electron chi connectivity index (χ3n) is 1.72. The normalized spacial score (nSPS) is 12.2. The minimum absolute atomic E-state index is 0.294. The lowest BCUT2D eigenvalue weighted by Crippen LogP contribution is -2.26. The predicted molar refractivity (Wildman–Crippen MR) is 49.1 cm³/mol. The minimum atomic E-state index is -0.294. The molecule has 3 heteroatoms. The van der Waals surface area contributed by atoms with Crippen molar-refractivity contribution in [2.75, 3.05) is 13.2 Å². The van der Waals surface area contributed by atoms with Crippen molar-refractivity contribution in [1.29, 1.82) is 0 Å². The van der Waals surface area contributed by atoms with Gasteiger partial charge in [-0.2, -0.15) is 0 Å². The van der Waals surface area contributed by atoms with Crippen LogP contribution in [0.25, 0.3) is 0 Å². The van der Waals surface area contributed by atoms with Gasteiger partial charge in [0.15, 0.2) is 0 Å². The van der Waals surface area contributed by atoms with E-state index >= 15 is 0 Å². The number of alkyl carbamates (subject to hydrolysis) is 1. The first-order valence-corrected chi connectivity index (χ1v) is 4.61. The number of carbonyl (C=O) groups excluding carboxylic acids is 1. The van der Waals surface area contributed by atoms with E-state index in [0.29, 0.717) is 19.1 Å². The Morgan fingerprint density at radius 2 is 2.17 bits per heavy atom. The van der Waals surface area contributed by atoms with Crippen LogP contribution in [0.15, 0.2) is 0 Å². The summed E-state index contributed by atoms with van der Waals surface area (Å²) in [4.78, 5) is 10.9. The molecule has 0 heterocycles. The number of rotatable bonds is 5. The maximum atomic E-state index is 10.9. The van der Waals surface area contributed by atoms with Crippen LogP contribution in [0, 0.1) is 5.92 Å². The Morgan fingerprint density at radius 1 is 1.50 bits per heavy atom. The Balaban J connectivity index is 3.31. The number of ether oxygens (including phenoxy) is 1. The first-order chi connectivity index (χ1) is 5.70. The standard InChI is InChI=1S/C9H19NO2/c1-4-6-10-9(11)12-7-8(3)5-2/h8H,4-7H2,1-3H3,(H,10,11). The summed E-state index contributed by atoms with van der Waals surface area (Å²) in [6, 6.07) is 0. The smallest absolute Gasteiger partial charge is 0.407 e. The van der Waals surface area contributed by atoms with Gasteiger partial charge in [-0.05, 0) is 12.3 Å². The van der Waals surface area contributed by atoms with Crippen LogP contribution in [-0.4, -0.2) is 19.2 Å². The number of hydrogen-bond donors (Lipinski definition) is 1. The predicted octanol–water partition coefficient (Wildman–Crippen LogP) is 2.17. The topological polar surface area (TPSA) is 38.3 Å². The van der Waals surface area contributed by atoms with Crippen molar-refractivity contribution in [2.24, 2.45) is 5.92 Å². The van der Waals surface area contributed by atoms with E-state index in [1.165, 1.54) is 0 Å². The molecule has 1 amide bonds. The molecule has 0 aliphatic rings. The van der Waals surface area contributed by atoms with Gasteiger partial charge in [0.1, 0.15) is 0 Å². The lowest BCUT2D eigenvalue weighted by molar-refractivity contribution is 0.129. The summed E-state index contributed by atoms with van der Waals surface area (Å²) in [5.74, 6) is 0.456. The molecule has 0 aliphatic carbocycles. The molecule has 0 radical (unpaired) electrons. The Labute approximate surface area is 74.5 Å². The Kier molecular flexibility index (Phi) is 6.53. The Hall–Kier alpha value is -0.730. The van der Waals surface area contributed by atoms with Gasteiger partial charge in [-0.3, -0.25) is 0 Å². The molecule has 0 aromatic rings. The van der Waals surface area contributed by atoms with Crippen LogP contribution in [0.4, 0.5) is 4.79 Å². The molecule has 1 N–H and O–H groups in total. The maximum Gasteiger partial charge on any atom is 0.407 e. The Morgan fingerprint density at radius 3 is 2.67 bits per heavy atom. The van der Waals surface area contributed by atoms with Gasteiger partial charge in [0, 0.05) is 6.54 Å². The molecule has 0 aromatic carbocycles. The molecule has 1 atom stereocenters. The Bertz CT molecular complexity index is 126. The first kappa shape index (κ1) is 11.3.